The molecule has 0 spiro atoms. The molecule has 0 aromatic carbocycles. The summed E-state index contributed by atoms with van der Waals surface area (Å²) in [6.45, 7) is 5.46. The van der Waals surface area contributed by atoms with Gasteiger partial charge in [-0.05, 0) is 12.3 Å². The van der Waals surface area contributed by atoms with Crippen molar-refractivity contribution in [2.24, 2.45) is 11.7 Å². The maximum Gasteiger partial charge on any atom is 0.107 e. The van der Waals surface area contributed by atoms with E-state index in [1.807, 2.05) is 11.6 Å². The first-order valence-corrected chi connectivity index (χ1v) is 6.00. The Bertz CT molecular complexity index is 278. The Kier molecular flexibility index (Phi) is 4.99. The van der Waals surface area contributed by atoms with Crippen LogP contribution in [-0.4, -0.2) is 29.0 Å². The number of nitrogens with two attached hydrogens (primary N) is 1. The van der Waals surface area contributed by atoms with Gasteiger partial charge in [0.15, 0.2) is 0 Å². The molecule has 1 aliphatic rings. The van der Waals surface area contributed by atoms with Gasteiger partial charge in [-0.2, -0.15) is 0 Å². The van der Waals surface area contributed by atoms with Crippen LogP contribution in [0.15, 0.2) is 11.6 Å². The lowest BCUT2D eigenvalue weighted by atomic mass is 9.95. The lowest BCUT2D eigenvalue weighted by Crippen LogP contribution is -2.45. The Balaban J connectivity index is 0.00000112. The average Bonchev–Trinajstić information content (AvgIpc) is 2.64. The smallest absolute Gasteiger partial charge is 0.107 e. The highest BCUT2D eigenvalue weighted by Gasteiger charge is 2.23. The third-order valence-electron chi connectivity index (χ3n) is 2.90. The summed E-state index contributed by atoms with van der Waals surface area (Å²) in [4.78, 5) is 6.75. The van der Waals surface area contributed by atoms with Gasteiger partial charge in [0.25, 0.3) is 0 Å². The summed E-state index contributed by atoms with van der Waals surface area (Å²) in [6, 6.07) is 0.391. The molecule has 0 amide bonds. The highest BCUT2D eigenvalue weighted by molar-refractivity contribution is 7.09. The van der Waals surface area contributed by atoms with Crippen molar-refractivity contribution in [3.05, 3.63) is 16.6 Å². The first-order valence-electron chi connectivity index (χ1n) is 5.12. The zero-order chi connectivity index (χ0) is 9.97. The third-order valence-corrected chi connectivity index (χ3v) is 3.66. The molecule has 5 heteroatoms. The minimum absolute atomic E-state index is 0. The summed E-state index contributed by atoms with van der Waals surface area (Å²) in [5, 5.41) is 3.25. The zero-order valence-electron chi connectivity index (χ0n) is 8.93. The number of hydrogen-bond acceptors (Lipinski definition) is 4. The molecule has 2 unspecified atom stereocenters. The number of thiazole rings is 1. The quantitative estimate of drug-likeness (QED) is 0.866. The Morgan fingerprint density at radius 1 is 1.67 bits per heavy atom. The molecule has 2 atom stereocenters. The van der Waals surface area contributed by atoms with E-state index in [-0.39, 0.29) is 12.4 Å². The predicted molar refractivity (Wildman–Crippen MR) is 66.4 cm³/mol. The molecule has 3 nitrogen and oxygen atoms in total. The fraction of sp³-hybridized carbons (Fsp3) is 0.700. The Hall–Kier alpha value is -0.160. The van der Waals surface area contributed by atoms with Crippen molar-refractivity contribution in [1.29, 1.82) is 0 Å². The number of piperidine rings is 1. The van der Waals surface area contributed by atoms with E-state index >= 15 is 0 Å². The number of likely N-dealkylation sites (tertiary alicyclic amines) is 1. The van der Waals surface area contributed by atoms with Gasteiger partial charge in [-0.25, -0.2) is 4.98 Å². The standard InChI is InChI=1S/C10H17N3S.ClH/c1-8-6-13(4-2-9(8)11)7-10-12-3-5-14-10;/h3,5,8-9H,2,4,6-7,11H2,1H3;1H. The molecule has 1 aromatic heterocycles. The van der Waals surface area contributed by atoms with E-state index in [4.69, 9.17) is 5.73 Å². The Labute approximate surface area is 101 Å². The minimum Gasteiger partial charge on any atom is -0.327 e. The van der Waals surface area contributed by atoms with Crippen molar-refractivity contribution in [3.8, 4) is 0 Å². The van der Waals surface area contributed by atoms with Gasteiger partial charge in [-0.3, -0.25) is 4.90 Å². The number of aromatic nitrogens is 1. The molecule has 1 fully saturated rings. The van der Waals surface area contributed by atoms with Crippen LogP contribution < -0.4 is 5.73 Å². The maximum absolute atomic E-state index is 5.97. The van der Waals surface area contributed by atoms with Crippen LogP contribution in [0.3, 0.4) is 0 Å². The minimum atomic E-state index is 0. The largest absolute Gasteiger partial charge is 0.327 e. The summed E-state index contributed by atoms with van der Waals surface area (Å²) in [6.07, 6.45) is 2.99. The highest BCUT2D eigenvalue weighted by atomic mass is 35.5. The number of hydrogen-bond donors (Lipinski definition) is 1. The fourth-order valence-corrected chi connectivity index (χ4v) is 2.57. The fourth-order valence-electron chi connectivity index (χ4n) is 1.92. The van der Waals surface area contributed by atoms with Gasteiger partial charge < -0.3 is 5.73 Å². The van der Waals surface area contributed by atoms with Gasteiger partial charge in [0.2, 0.25) is 0 Å². The van der Waals surface area contributed by atoms with Crippen molar-refractivity contribution >= 4 is 23.7 Å². The summed E-state index contributed by atoms with van der Waals surface area (Å²) in [5.74, 6) is 0.615. The molecule has 0 radical (unpaired) electrons. The van der Waals surface area contributed by atoms with Crippen molar-refractivity contribution in [2.75, 3.05) is 13.1 Å². The first-order chi connectivity index (χ1) is 6.75. The molecule has 2 rings (SSSR count). The second-order valence-corrected chi connectivity index (χ2v) is 5.07. The van der Waals surface area contributed by atoms with E-state index in [9.17, 15) is 0 Å². The molecule has 1 saturated heterocycles. The predicted octanol–water partition coefficient (Wildman–Crippen LogP) is 1.73. The van der Waals surface area contributed by atoms with Crippen LogP contribution >= 0.6 is 23.7 Å². The monoisotopic (exact) mass is 247 g/mol. The summed E-state index contributed by atoms with van der Waals surface area (Å²) in [7, 11) is 0. The highest BCUT2D eigenvalue weighted by Crippen LogP contribution is 2.17. The van der Waals surface area contributed by atoms with Crippen molar-refractivity contribution < 1.29 is 0 Å². The van der Waals surface area contributed by atoms with E-state index in [0.717, 1.165) is 26.1 Å². The third kappa shape index (κ3) is 3.41. The average molecular weight is 248 g/mol. The van der Waals surface area contributed by atoms with Crippen LogP contribution in [0.5, 0.6) is 0 Å². The number of rotatable bonds is 2. The second-order valence-electron chi connectivity index (χ2n) is 4.09. The van der Waals surface area contributed by atoms with E-state index in [1.165, 1.54) is 5.01 Å². The number of nitrogens with zero attached hydrogens (tertiary/aromatic N) is 2. The van der Waals surface area contributed by atoms with E-state index in [1.54, 1.807) is 11.3 Å². The van der Waals surface area contributed by atoms with Crippen LogP contribution in [0.25, 0.3) is 0 Å². The van der Waals surface area contributed by atoms with Gasteiger partial charge in [0.05, 0.1) is 6.54 Å². The molecule has 15 heavy (non-hydrogen) atoms. The molecule has 1 aliphatic heterocycles. The van der Waals surface area contributed by atoms with Crippen LogP contribution in [0.1, 0.15) is 18.4 Å². The van der Waals surface area contributed by atoms with Gasteiger partial charge in [-0.15, -0.1) is 23.7 Å². The molecule has 0 bridgehead atoms. The molecular weight excluding hydrogens is 230 g/mol. The van der Waals surface area contributed by atoms with Crippen molar-refractivity contribution in [3.63, 3.8) is 0 Å². The molecule has 86 valence electrons. The van der Waals surface area contributed by atoms with Crippen molar-refractivity contribution in [1.82, 2.24) is 9.88 Å². The molecule has 2 heterocycles. The lowest BCUT2D eigenvalue weighted by Gasteiger charge is -2.34. The molecule has 2 N–H and O–H groups in total. The SMILES string of the molecule is CC1CN(Cc2nccs2)CCC1N.Cl. The Morgan fingerprint density at radius 3 is 3.07 bits per heavy atom. The maximum atomic E-state index is 5.97. The lowest BCUT2D eigenvalue weighted by molar-refractivity contribution is 0.157. The Morgan fingerprint density at radius 2 is 2.47 bits per heavy atom. The summed E-state index contributed by atoms with van der Waals surface area (Å²) < 4.78 is 0. The second kappa shape index (κ2) is 5.80. The normalized spacial score (nSPS) is 27.3. The van der Waals surface area contributed by atoms with Crippen LogP contribution in [0.4, 0.5) is 0 Å². The van der Waals surface area contributed by atoms with Gasteiger partial charge in [0.1, 0.15) is 5.01 Å². The zero-order valence-corrected chi connectivity index (χ0v) is 10.6. The van der Waals surface area contributed by atoms with E-state index in [0.29, 0.717) is 12.0 Å². The number of halogens is 1. The van der Waals surface area contributed by atoms with E-state index in [2.05, 4.69) is 16.8 Å². The van der Waals surface area contributed by atoms with Crippen molar-refractivity contribution in [2.45, 2.75) is 25.9 Å². The molecule has 1 aromatic rings. The first kappa shape index (κ1) is 12.9. The van der Waals surface area contributed by atoms with Crippen LogP contribution in [0, 0.1) is 5.92 Å². The van der Waals surface area contributed by atoms with Gasteiger partial charge in [0, 0.05) is 30.7 Å². The van der Waals surface area contributed by atoms with E-state index < -0.39 is 0 Å². The van der Waals surface area contributed by atoms with Gasteiger partial charge in [-0.1, -0.05) is 6.92 Å². The summed E-state index contributed by atoms with van der Waals surface area (Å²) >= 11 is 1.73. The van der Waals surface area contributed by atoms with Gasteiger partial charge >= 0.3 is 0 Å². The molecule has 0 aliphatic carbocycles. The topological polar surface area (TPSA) is 42.2 Å². The van der Waals surface area contributed by atoms with Crippen LogP contribution in [-0.2, 0) is 6.54 Å². The molecular formula is C10H18ClN3S. The molecule has 0 saturated carbocycles. The van der Waals surface area contributed by atoms with Crippen LogP contribution in [0.2, 0.25) is 0 Å². The summed E-state index contributed by atoms with van der Waals surface area (Å²) in [5.41, 5.74) is 5.97.